The molecule has 1 fully saturated rings. The zero-order valence-corrected chi connectivity index (χ0v) is 15.4. The first-order valence-corrected chi connectivity index (χ1v) is 8.44. The van der Waals surface area contributed by atoms with Gasteiger partial charge in [-0.15, -0.1) is 0 Å². The van der Waals surface area contributed by atoms with E-state index in [1.807, 2.05) is 0 Å². The monoisotopic (exact) mass is 360 g/mol. The molecule has 0 aromatic carbocycles. The molecule has 26 heavy (non-hydrogen) atoms. The molecule has 1 heterocycles. The van der Waals surface area contributed by atoms with E-state index in [0.717, 1.165) is 0 Å². The summed E-state index contributed by atoms with van der Waals surface area (Å²) in [6.07, 6.45) is 4.15. The van der Waals surface area contributed by atoms with Crippen molar-refractivity contribution in [3.05, 3.63) is 47.6 Å². The first-order valence-electron chi connectivity index (χ1n) is 8.44. The first kappa shape index (κ1) is 19.8. The average Bonchev–Trinajstić information content (AvgIpc) is 2.84. The molecule has 2 aliphatic rings. The zero-order chi connectivity index (χ0) is 19.6. The maximum atomic E-state index is 12.3. The third kappa shape index (κ3) is 4.19. The summed E-state index contributed by atoms with van der Waals surface area (Å²) in [5.41, 5.74) is -0.487. The summed E-state index contributed by atoms with van der Waals surface area (Å²) in [5, 5.41) is 10.6. The number of carbonyl (C=O) groups excluding carboxylic acids is 3. The van der Waals surface area contributed by atoms with E-state index in [1.54, 1.807) is 26.8 Å². The standard InChI is InChI=1S/C20H24O6/c1-6-11(2)18(22)26-16-10-20(5,24)8-7-14(21)12(3)9-15-17(16)13(4)19(23)25-15/h6-9,15-17,24H,4,10H2,1-3,5H3/b8-7-,11-6+,12-9-/t15-,16-,17+,20+/m1/s1. The van der Waals surface area contributed by atoms with Crippen LogP contribution in [0.25, 0.3) is 0 Å². The lowest BCUT2D eigenvalue weighted by Crippen LogP contribution is -2.39. The first-order chi connectivity index (χ1) is 12.1. The second kappa shape index (κ2) is 7.41. The highest BCUT2D eigenvalue weighted by Gasteiger charge is 2.46. The molecular formula is C20H24O6. The summed E-state index contributed by atoms with van der Waals surface area (Å²) < 4.78 is 10.9. The SMILES string of the molecule is C=C1C(=O)O[C@@H]2/C=C(/C)C(=O)/C=C\[C@](C)(O)C[C@@H](OC(=O)/C(C)=C/C)[C@@H]12. The van der Waals surface area contributed by atoms with Gasteiger partial charge in [0.15, 0.2) is 5.78 Å². The van der Waals surface area contributed by atoms with Crippen LogP contribution in [0.15, 0.2) is 47.6 Å². The van der Waals surface area contributed by atoms with E-state index < -0.39 is 35.7 Å². The van der Waals surface area contributed by atoms with Gasteiger partial charge in [-0.25, -0.2) is 9.59 Å². The molecule has 140 valence electrons. The van der Waals surface area contributed by atoms with Gasteiger partial charge >= 0.3 is 11.9 Å². The number of aliphatic hydroxyl groups is 1. The van der Waals surface area contributed by atoms with Gasteiger partial charge in [-0.1, -0.05) is 12.7 Å². The molecule has 0 unspecified atom stereocenters. The van der Waals surface area contributed by atoms with Crippen LogP contribution >= 0.6 is 0 Å². The molecule has 4 atom stereocenters. The summed E-state index contributed by atoms with van der Waals surface area (Å²) >= 11 is 0. The number of hydrogen-bond acceptors (Lipinski definition) is 6. The number of rotatable bonds is 2. The Labute approximate surface area is 152 Å². The Morgan fingerprint density at radius 1 is 1.46 bits per heavy atom. The molecule has 1 N–H and O–H groups in total. The Hall–Kier alpha value is -2.47. The van der Waals surface area contributed by atoms with Crippen LogP contribution < -0.4 is 0 Å². The molecule has 1 aliphatic carbocycles. The lowest BCUT2D eigenvalue weighted by molar-refractivity contribution is -0.150. The van der Waals surface area contributed by atoms with Crippen molar-refractivity contribution in [2.24, 2.45) is 5.92 Å². The van der Waals surface area contributed by atoms with Gasteiger partial charge in [0.1, 0.15) is 12.2 Å². The molecule has 0 bridgehead atoms. The molecule has 1 saturated heterocycles. The summed E-state index contributed by atoms with van der Waals surface area (Å²) in [7, 11) is 0. The van der Waals surface area contributed by atoms with Crippen molar-refractivity contribution >= 4 is 17.7 Å². The largest absolute Gasteiger partial charge is 0.458 e. The number of ether oxygens (including phenoxy) is 2. The van der Waals surface area contributed by atoms with Gasteiger partial charge in [-0.3, -0.25) is 4.79 Å². The molecular weight excluding hydrogens is 336 g/mol. The fraction of sp³-hybridized carbons (Fsp3) is 0.450. The number of fused-ring (bicyclic) bond motifs is 1. The van der Waals surface area contributed by atoms with Crippen LogP contribution in [0.5, 0.6) is 0 Å². The second-order valence-corrected chi connectivity index (χ2v) is 6.94. The molecule has 6 nitrogen and oxygen atoms in total. The fourth-order valence-corrected chi connectivity index (χ4v) is 2.96. The van der Waals surface area contributed by atoms with Crippen molar-refractivity contribution < 1.29 is 29.0 Å². The van der Waals surface area contributed by atoms with Crippen molar-refractivity contribution in [1.29, 1.82) is 0 Å². The summed E-state index contributed by atoms with van der Waals surface area (Å²) in [6, 6.07) is 0. The van der Waals surface area contributed by atoms with Crippen molar-refractivity contribution in [3.8, 4) is 0 Å². The number of allylic oxidation sites excluding steroid dienone is 3. The maximum absolute atomic E-state index is 12.3. The predicted molar refractivity (Wildman–Crippen MR) is 95.0 cm³/mol. The summed E-state index contributed by atoms with van der Waals surface area (Å²) in [6.45, 7) is 10.2. The van der Waals surface area contributed by atoms with Crippen LogP contribution in [-0.2, 0) is 23.9 Å². The van der Waals surface area contributed by atoms with Gasteiger partial charge < -0.3 is 14.6 Å². The van der Waals surface area contributed by atoms with Gasteiger partial charge in [0.2, 0.25) is 0 Å². The molecule has 1 aliphatic heterocycles. The summed E-state index contributed by atoms with van der Waals surface area (Å²) in [4.78, 5) is 36.5. The zero-order valence-electron chi connectivity index (χ0n) is 15.4. The molecule has 0 saturated carbocycles. The second-order valence-electron chi connectivity index (χ2n) is 6.94. The highest BCUT2D eigenvalue weighted by Crippen LogP contribution is 2.37. The number of ketones is 1. The Morgan fingerprint density at radius 3 is 2.73 bits per heavy atom. The Kier molecular flexibility index (Phi) is 5.66. The van der Waals surface area contributed by atoms with E-state index in [4.69, 9.17) is 9.47 Å². The Balaban J connectivity index is 2.50. The van der Waals surface area contributed by atoms with Crippen LogP contribution in [0, 0.1) is 5.92 Å². The summed E-state index contributed by atoms with van der Waals surface area (Å²) in [5.74, 6) is -2.13. The van der Waals surface area contributed by atoms with Crippen molar-refractivity contribution in [1.82, 2.24) is 0 Å². The molecule has 6 heteroatoms. The van der Waals surface area contributed by atoms with E-state index in [1.165, 1.54) is 25.2 Å². The van der Waals surface area contributed by atoms with E-state index in [-0.39, 0.29) is 17.8 Å². The highest BCUT2D eigenvalue weighted by atomic mass is 16.6. The van der Waals surface area contributed by atoms with Crippen LogP contribution in [0.1, 0.15) is 34.1 Å². The number of carbonyl (C=O) groups is 3. The van der Waals surface area contributed by atoms with E-state index in [0.29, 0.717) is 11.1 Å². The van der Waals surface area contributed by atoms with Gasteiger partial charge in [-0.2, -0.15) is 0 Å². The predicted octanol–water partition coefficient (Wildman–Crippen LogP) is 2.19. The topological polar surface area (TPSA) is 89.9 Å². The highest BCUT2D eigenvalue weighted by molar-refractivity contribution is 6.03. The van der Waals surface area contributed by atoms with Crippen LogP contribution in [0.3, 0.4) is 0 Å². The third-order valence-electron chi connectivity index (χ3n) is 4.69. The minimum atomic E-state index is -1.42. The average molecular weight is 360 g/mol. The molecule has 0 aromatic heterocycles. The number of hydrogen-bond donors (Lipinski definition) is 1. The van der Waals surface area contributed by atoms with Crippen LogP contribution in [0.4, 0.5) is 0 Å². The van der Waals surface area contributed by atoms with E-state index >= 15 is 0 Å². The minimum absolute atomic E-state index is 0.0107. The molecule has 0 amide bonds. The van der Waals surface area contributed by atoms with Crippen LogP contribution in [-0.4, -0.2) is 40.6 Å². The Bertz CT molecular complexity index is 737. The van der Waals surface area contributed by atoms with Crippen molar-refractivity contribution in [2.45, 2.75) is 51.9 Å². The lowest BCUT2D eigenvalue weighted by atomic mass is 9.82. The molecule has 0 aromatic rings. The van der Waals surface area contributed by atoms with E-state index in [2.05, 4.69) is 6.58 Å². The third-order valence-corrected chi connectivity index (χ3v) is 4.69. The Morgan fingerprint density at radius 2 is 2.12 bits per heavy atom. The smallest absolute Gasteiger partial charge is 0.334 e. The lowest BCUT2D eigenvalue weighted by Gasteiger charge is -2.31. The normalized spacial score (nSPS) is 35.9. The minimum Gasteiger partial charge on any atom is -0.458 e. The van der Waals surface area contributed by atoms with Crippen molar-refractivity contribution in [3.63, 3.8) is 0 Å². The maximum Gasteiger partial charge on any atom is 0.334 e. The van der Waals surface area contributed by atoms with Gasteiger partial charge in [0.05, 0.1) is 11.5 Å². The van der Waals surface area contributed by atoms with Gasteiger partial charge in [0, 0.05) is 17.6 Å². The quantitative estimate of drug-likeness (QED) is 0.600. The van der Waals surface area contributed by atoms with Gasteiger partial charge in [-0.05, 0) is 51.5 Å². The van der Waals surface area contributed by atoms with Crippen molar-refractivity contribution in [2.75, 3.05) is 0 Å². The number of esters is 2. The van der Waals surface area contributed by atoms with E-state index in [9.17, 15) is 19.5 Å². The molecule has 0 spiro atoms. The van der Waals surface area contributed by atoms with Gasteiger partial charge in [0.25, 0.3) is 0 Å². The fourth-order valence-electron chi connectivity index (χ4n) is 2.96. The molecule has 2 rings (SSSR count). The van der Waals surface area contributed by atoms with Crippen LogP contribution in [0.2, 0.25) is 0 Å². The molecule has 0 radical (unpaired) electrons.